The highest BCUT2D eigenvalue weighted by Gasteiger charge is 2.40. The van der Waals surface area contributed by atoms with Crippen LogP contribution in [0.1, 0.15) is 85.5 Å². The van der Waals surface area contributed by atoms with E-state index in [1.54, 1.807) is 12.0 Å². The maximum absolute atomic E-state index is 13.0. The number of ether oxygens (including phenoxy) is 1. The standard InChI is InChI=1S/C25H45N3O3/c1-6-9-11-21(8-3)13-16-27-23(29)12-15-25(26)14-10-17-28(25)24(30)19-22(31-5)18-20(4)7-2/h8-9,11,20,22H,6-7,10,12-19,26H2,1-5H3,(H,27,29)/b11-9-,21-8+. The van der Waals surface area contributed by atoms with Gasteiger partial charge in [-0.3, -0.25) is 9.59 Å². The predicted molar refractivity (Wildman–Crippen MR) is 127 cm³/mol. The molecule has 1 aliphatic rings. The number of carbonyl (C=O) groups is 2. The Labute approximate surface area is 189 Å². The van der Waals surface area contributed by atoms with Crippen molar-refractivity contribution in [1.82, 2.24) is 10.2 Å². The van der Waals surface area contributed by atoms with Gasteiger partial charge in [0.1, 0.15) is 0 Å². The molecule has 3 atom stereocenters. The Morgan fingerprint density at radius 3 is 2.65 bits per heavy atom. The van der Waals surface area contributed by atoms with E-state index in [0.29, 0.717) is 38.3 Å². The summed E-state index contributed by atoms with van der Waals surface area (Å²) in [5, 5.41) is 2.99. The molecule has 1 rings (SSSR count). The van der Waals surface area contributed by atoms with Crippen LogP contribution in [0.25, 0.3) is 0 Å². The van der Waals surface area contributed by atoms with E-state index in [1.807, 2.05) is 6.92 Å². The minimum atomic E-state index is -0.735. The number of amides is 2. The zero-order chi connectivity index (χ0) is 23.3. The molecule has 0 aromatic carbocycles. The van der Waals surface area contributed by atoms with Gasteiger partial charge in [-0.25, -0.2) is 0 Å². The van der Waals surface area contributed by atoms with E-state index in [9.17, 15) is 9.59 Å². The first kappa shape index (κ1) is 27.4. The van der Waals surface area contributed by atoms with Gasteiger partial charge in [-0.1, -0.05) is 51.0 Å². The fraction of sp³-hybridized carbons (Fsp3) is 0.760. The van der Waals surface area contributed by atoms with Crippen LogP contribution in [0, 0.1) is 5.92 Å². The Bertz CT molecular complexity index is 617. The SMILES string of the molecule is C/C=C(\C=C/CC)CCNC(=O)CCC1(N)CCCN1C(=O)CC(CC(C)CC)OC. The maximum atomic E-state index is 13.0. The zero-order valence-electron chi connectivity index (χ0n) is 20.4. The van der Waals surface area contributed by atoms with Crippen LogP contribution in [0.3, 0.4) is 0 Å². The number of nitrogens with one attached hydrogen (secondary N) is 1. The van der Waals surface area contributed by atoms with Gasteiger partial charge in [0, 0.05) is 26.6 Å². The minimum absolute atomic E-state index is 0.00872. The largest absolute Gasteiger partial charge is 0.381 e. The fourth-order valence-electron chi connectivity index (χ4n) is 4.07. The van der Waals surface area contributed by atoms with Gasteiger partial charge in [-0.2, -0.15) is 0 Å². The molecule has 6 heteroatoms. The lowest BCUT2D eigenvalue weighted by Crippen LogP contribution is -2.55. The molecule has 1 fully saturated rings. The van der Waals surface area contributed by atoms with Crippen LogP contribution < -0.4 is 11.1 Å². The lowest BCUT2D eigenvalue weighted by Gasteiger charge is -2.36. The number of rotatable bonds is 14. The Morgan fingerprint density at radius 2 is 2.03 bits per heavy atom. The molecule has 3 unspecified atom stereocenters. The smallest absolute Gasteiger partial charge is 0.226 e. The molecule has 0 radical (unpaired) electrons. The molecule has 178 valence electrons. The van der Waals surface area contributed by atoms with Crippen LogP contribution in [-0.4, -0.2) is 48.7 Å². The van der Waals surface area contributed by atoms with E-state index in [-0.39, 0.29) is 17.9 Å². The maximum Gasteiger partial charge on any atom is 0.226 e. The Kier molecular flexibility index (Phi) is 12.7. The molecular weight excluding hydrogens is 390 g/mol. The number of methoxy groups -OCH3 is 1. The van der Waals surface area contributed by atoms with Crippen LogP contribution >= 0.6 is 0 Å². The van der Waals surface area contributed by atoms with E-state index in [0.717, 1.165) is 38.5 Å². The van der Waals surface area contributed by atoms with Crippen molar-refractivity contribution in [2.24, 2.45) is 11.7 Å². The van der Waals surface area contributed by atoms with Crippen LogP contribution in [0.5, 0.6) is 0 Å². The molecule has 1 saturated heterocycles. The third kappa shape index (κ3) is 9.56. The first-order valence-corrected chi connectivity index (χ1v) is 12.0. The molecule has 2 amide bonds. The molecule has 0 aromatic rings. The van der Waals surface area contributed by atoms with Crippen LogP contribution in [0.15, 0.2) is 23.8 Å². The third-order valence-corrected chi connectivity index (χ3v) is 6.39. The molecule has 0 spiro atoms. The molecule has 0 aliphatic carbocycles. The second kappa shape index (κ2) is 14.4. The summed E-state index contributed by atoms with van der Waals surface area (Å²) in [7, 11) is 1.67. The van der Waals surface area contributed by atoms with E-state index in [1.165, 1.54) is 5.57 Å². The second-order valence-electron chi connectivity index (χ2n) is 8.84. The summed E-state index contributed by atoms with van der Waals surface area (Å²) in [6, 6.07) is 0. The van der Waals surface area contributed by atoms with Crippen molar-refractivity contribution in [3.8, 4) is 0 Å². The molecule has 1 heterocycles. The summed E-state index contributed by atoms with van der Waals surface area (Å²) in [6.07, 6.45) is 12.7. The summed E-state index contributed by atoms with van der Waals surface area (Å²) in [4.78, 5) is 27.1. The van der Waals surface area contributed by atoms with Gasteiger partial charge >= 0.3 is 0 Å². The van der Waals surface area contributed by atoms with E-state index >= 15 is 0 Å². The highest BCUT2D eigenvalue weighted by atomic mass is 16.5. The number of nitrogens with zero attached hydrogens (tertiary/aromatic N) is 1. The average Bonchev–Trinajstić information content (AvgIpc) is 3.15. The quantitative estimate of drug-likeness (QED) is 0.398. The number of hydrogen-bond donors (Lipinski definition) is 2. The number of nitrogens with two attached hydrogens (primary N) is 1. The zero-order valence-corrected chi connectivity index (χ0v) is 20.4. The highest BCUT2D eigenvalue weighted by Crippen LogP contribution is 2.30. The van der Waals surface area contributed by atoms with E-state index < -0.39 is 5.66 Å². The summed E-state index contributed by atoms with van der Waals surface area (Å²) < 4.78 is 5.55. The third-order valence-electron chi connectivity index (χ3n) is 6.39. The van der Waals surface area contributed by atoms with Gasteiger partial charge < -0.3 is 20.7 Å². The molecular formula is C25H45N3O3. The van der Waals surface area contributed by atoms with Crippen LogP contribution in [0.2, 0.25) is 0 Å². The number of allylic oxidation sites excluding steroid dienone is 3. The monoisotopic (exact) mass is 435 g/mol. The molecule has 0 aromatic heterocycles. The Balaban J connectivity index is 2.52. The summed E-state index contributed by atoms with van der Waals surface area (Å²) in [6.45, 7) is 9.71. The first-order valence-electron chi connectivity index (χ1n) is 12.0. The van der Waals surface area contributed by atoms with Gasteiger partial charge in [0.05, 0.1) is 18.2 Å². The number of likely N-dealkylation sites (tertiary alicyclic amines) is 1. The minimum Gasteiger partial charge on any atom is -0.381 e. The summed E-state index contributed by atoms with van der Waals surface area (Å²) in [5.41, 5.74) is 7.10. The van der Waals surface area contributed by atoms with Gasteiger partial charge in [-0.15, -0.1) is 0 Å². The van der Waals surface area contributed by atoms with Crippen molar-refractivity contribution in [3.63, 3.8) is 0 Å². The van der Waals surface area contributed by atoms with Crippen molar-refractivity contribution in [2.45, 2.75) is 97.2 Å². The average molecular weight is 436 g/mol. The normalized spacial score (nSPS) is 21.5. The van der Waals surface area contributed by atoms with Crippen LogP contribution in [-0.2, 0) is 14.3 Å². The summed E-state index contributed by atoms with van der Waals surface area (Å²) >= 11 is 0. The van der Waals surface area contributed by atoms with Crippen molar-refractivity contribution < 1.29 is 14.3 Å². The number of carbonyl (C=O) groups excluding carboxylic acids is 2. The Hall–Kier alpha value is -1.66. The molecule has 0 bridgehead atoms. The molecule has 1 aliphatic heterocycles. The van der Waals surface area contributed by atoms with Crippen molar-refractivity contribution in [1.29, 1.82) is 0 Å². The molecule has 31 heavy (non-hydrogen) atoms. The lowest BCUT2D eigenvalue weighted by molar-refractivity contribution is -0.139. The topological polar surface area (TPSA) is 84.7 Å². The number of hydrogen-bond acceptors (Lipinski definition) is 4. The first-order chi connectivity index (χ1) is 14.8. The van der Waals surface area contributed by atoms with Gasteiger partial charge in [-0.05, 0) is 51.4 Å². The van der Waals surface area contributed by atoms with Gasteiger partial charge in [0.25, 0.3) is 0 Å². The van der Waals surface area contributed by atoms with Gasteiger partial charge in [0.2, 0.25) is 11.8 Å². The summed E-state index contributed by atoms with van der Waals surface area (Å²) in [5.74, 6) is 0.546. The second-order valence-corrected chi connectivity index (χ2v) is 8.84. The van der Waals surface area contributed by atoms with Crippen molar-refractivity contribution in [3.05, 3.63) is 23.8 Å². The Morgan fingerprint density at radius 1 is 1.29 bits per heavy atom. The highest BCUT2D eigenvalue weighted by molar-refractivity contribution is 5.78. The molecule has 6 nitrogen and oxygen atoms in total. The van der Waals surface area contributed by atoms with E-state index in [4.69, 9.17) is 10.5 Å². The van der Waals surface area contributed by atoms with Crippen LogP contribution in [0.4, 0.5) is 0 Å². The van der Waals surface area contributed by atoms with E-state index in [2.05, 4.69) is 44.3 Å². The predicted octanol–water partition coefficient (Wildman–Crippen LogP) is 4.30. The molecule has 3 N–H and O–H groups in total. The molecule has 0 saturated carbocycles. The van der Waals surface area contributed by atoms with Crippen molar-refractivity contribution in [2.75, 3.05) is 20.2 Å². The van der Waals surface area contributed by atoms with Crippen molar-refractivity contribution >= 4 is 11.8 Å². The van der Waals surface area contributed by atoms with Gasteiger partial charge in [0.15, 0.2) is 0 Å². The lowest BCUT2D eigenvalue weighted by atomic mass is 9.97. The fourth-order valence-corrected chi connectivity index (χ4v) is 4.07.